The van der Waals surface area contributed by atoms with Crippen LogP contribution in [0.15, 0.2) is 83.3 Å². The second-order valence-corrected chi connectivity index (χ2v) is 8.52. The molecule has 0 aromatic heterocycles. The molecule has 0 fully saturated rings. The zero-order valence-electron chi connectivity index (χ0n) is 14.9. The predicted octanol–water partition coefficient (Wildman–Crippen LogP) is 7.58. The highest BCUT2D eigenvalue weighted by molar-refractivity contribution is 9.10. The van der Waals surface area contributed by atoms with Crippen LogP contribution in [-0.2, 0) is 5.41 Å². The Morgan fingerprint density at radius 1 is 0.692 bits per heavy atom. The number of halogens is 1. The maximum Gasteiger partial charge on any atom is 0.0181 e. The van der Waals surface area contributed by atoms with Crippen LogP contribution in [0.25, 0.3) is 33.0 Å². The van der Waals surface area contributed by atoms with E-state index in [0.29, 0.717) is 0 Å². The molecule has 0 N–H and O–H groups in total. The van der Waals surface area contributed by atoms with Crippen LogP contribution >= 0.6 is 15.9 Å². The minimum atomic E-state index is 0.0106. The van der Waals surface area contributed by atoms with Gasteiger partial charge in [-0.3, -0.25) is 0 Å². The van der Waals surface area contributed by atoms with Crippen molar-refractivity contribution in [2.24, 2.45) is 0 Å². The zero-order chi connectivity index (χ0) is 17.9. The Labute approximate surface area is 162 Å². The van der Waals surface area contributed by atoms with Gasteiger partial charge in [-0.15, -0.1) is 0 Å². The Kier molecular flexibility index (Phi) is 3.39. The molecule has 0 radical (unpaired) electrons. The van der Waals surface area contributed by atoms with Gasteiger partial charge in [0.2, 0.25) is 0 Å². The van der Waals surface area contributed by atoms with Gasteiger partial charge in [-0.2, -0.15) is 0 Å². The fourth-order valence-electron chi connectivity index (χ4n) is 4.35. The normalized spacial score (nSPS) is 14.3. The molecule has 1 aliphatic carbocycles. The molecule has 4 aromatic rings. The summed E-state index contributed by atoms with van der Waals surface area (Å²) in [5, 5.41) is 2.66. The average Bonchev–Trinajstić information content (AvgIpc) is 2.89. The molecule has 0 heterocycles. The van der Waals surface area contributed by atoms with Gasteiger partial charge in [0.15, 0.2) is 0 Å². The monoisotopic (exact) mass is 398 g/mol. The molecule has 0 unspecified atom stereocenters. The van der Waals surface area contributed by atoms with Gasteiger partial charge >= 0.3 is 0 Å². The lowest BCUT2D eigenvalue weighted by atomic mass is 9.81. The smallest absolute Gasteiger partial charge is 0.0181 e. The van der Waals surface area contributed by atoms with Gasteiger partial charge in [0.05, 0.1) is 0 Å². The number of benzene rings is 4. The van der Waals surface area contributed by atoms with Crippen molar-refractivity contribution in [2.45, 2.75) is 19.3 Å². The molecule has 0 aliphatic heterocycles. The van der Waals surface area contributed by atoms with E-state index in [9.17, 15) is 0 Å². The SMILES string of the molecule is CC1(C)c2cc(-c3cccc(Br)c3)ccc2-c2c1ccc1ccccc21. The quantitative estimate of drug-likeness (QED) is 0.310. The Morgan fingerprint density at radius 2 is 1.50 bits per heavy atom. The van der Waals surface area contributed by atoms with Crippen LogP contribution in [0.1, 0.15) is 25.0 Å². The summed E-state index contributed by atoms with van der Waals surface area (Å²) in [5.41, 5.74) is 8.16. The van der Waals surface area contributed by atoms with Crippen LogP contribution in [0, 0.1) is 0 Å². The van der Waals surface area contributed by atoms with Gasteiger partial charge in [0.1, 0.15) is 0 Å². The van der Waals surface area contributed by atoms with Gasteiger partial charge in [-0.1, -0.05) is 90.4 Å². The number of hydrogen-bond acceptors (Lipinski definition) is 0. The van der Waals surface area contributed by atoms with Crippen LogP contribution in [-0.4, -0.2) is 0 Å². The molecular weight excluding hydrogens is 380 g/mol. The highest BCUT2D eigenvalue weighted by Crippen LogP contribution is 2.52. The molecule has 0 saturated carbocycles. The molecule has 1 heteroatoms. The first-order chi connectivity index (χ1) is 12.6. The van der Waals surface area contributed by atoms with Gasteiger partial charge in [-0.05, 0) is 62.4 Å². The van der Waals surface area contributed by atoms with Crippen LogP contribution in [0.4, 0.5) is 0 Å². The lowest BCUT2D eigenvalue weighted by Crippen LogP contribution is -2.15. The largest absolute Gasteiger partial charge is 0.0616 e. The van der Waals surface area contributed by atoms with Crippen molar-refractivity contribution in [1.29, 1.82) is 0 Å². The number of hydrogen-bond donors (Lipinski definition) is 0. The zero-order valence-corrected chi connectivity index (χ0v) is 16.5. The van der Waals surface area contributed by atoms with Gasteiger partial charge < -0.3 is 0 Å². The Morgan fingerprint density at radius 3 is 2.35 bits per heavy atom. The first-order valence-corrected chi connectivity index (χ1v) is 9.78. The molecule has 126 valence electrons. The number of rotatable bonds is 1. The minimum absolute atomic E-state index is 0.0106. The molecule has 0 bridgehead atoms. The molecule has 5 rings (SSSR count). The topological polar surface area (TPSA) is 0 Å². The number of fused-ring (bicyclic) bond motifs is 5. The van der Waals surface area contributed by atoms with Crippen molar-refractivity contribution in [2.75, 3.05) is 0 Å². The van der Waals surface area contributed by atoms with E-state index in [1.807, 2.05) is 0 Å². The Hall–Kier alpha value is -2.38. The minimum Gasteiger partial charge on any atom is -0.0616 e. The summed E-state index contributed by atoms with van der Waals surface area (Å²) in [7, 11) is 0. The summed E-state index contributed by atoms with van der Waals surface area (Å²) >= 11 is 3.59. The third-order valence-electron chi connectivity index (χ3n) is 5.72. The molecule has 0 saturated heterocycles. The molecule has 1 aliphatic rings. The maximum absolute atomic E-state index is 3.59. The summed E-state index contributed by atoms with van der Waals surface area (Å²) in [6, 6.07) is 28.8. The standard InChI is InChI=1S/C25H19Br/c1-25(2)22-13-11-16-6-3-4-9-20(16)24(22)21-12-10-18(15-23(21)25)17-7-5-8-19(26)14-17/h3-15H,1-2H3. The summed E-state index contributed by atoms with van der Waals surface area (Å²) < 4.78 is 1.11. The first kappa shape index (κ1) is 15.8. The van der Waals surface area contributed by atoms with Crippen molar-refractivity contribution < 1.29 is 0 Å². The lowest BCUT2D eigenvalue weighted by Gasteiger charge is -2.22. The predicted molar refractivity (Wildman–Crippen MR) is 115 cm³/mol. The molecule has 26 heavy (non-hydrogen) atoms. The van der Waals surface area contributed by atoms with Gasteiger partial charge in [-0.25, -0.2) is 0 Å². The highest BCUT2D eigenvalue weighted by Gasteiger charge is 2.36. The van der Waals surface area contributed by atoms with E-state index in [1.54, 1.807) is 0 Å². The summed E-state index contributed by atoms with van der Waals surface area (Å²) in [4.78, 5) is 0. The van der Waals surface area contributed by atoms with Crippen LogP contribution in [0.3, 0.4) is 0 Å². The molecule has 0 spiro atoms. The molecule has 4 aromatic carbocycles. The van der Waals surface area contributed by atoms with Crippen molar-refractivity contribution in [3.8, 4) is 22.3 Å². The van der Waals surface area contributed by atoms with Crippen LogP contribution in [0.2, 0.25) is 0 Å². The van der Waals surface area contributed by atoms with E-state index in [0.717, 1.165) is 4.47 Å². The van der Waals surface area contributed by atoms with Crippen molar-refractivity contribution >= 4 is 26.7 Å². The average molecular weight is 399 g/mol. The van der Waals surface area contributed by atoms with Gasteiger partial charge in [0, 0.05) is 9.89 Å². The van der Waals surface area contributed by atoms with Gasteiger partial charge in [0.25, 0.3) is 0 Å². The Bertz CT molecular complexity index is 1170. The second kappa shape index (κ2) is 5.56. The van der Waals surface area contributed by atoms with E-state index >= 15 is 0 Å². The van der Waals surface area contributed by atoms with Crippen LogP contribution in [0.5, 0.6) is 0 Å². The Balaban J connectivity index is 1.79. The molecule has 0 nitrogen and oxygen atoms in total. The molecular formula is C25H19Br. The van der Waals surface area contributed by atoms with Crippen LogP contribution < -0.4 is 0 Å². The fraction of sp³-hybridized carbons (Fsp3) is 0.120. The third-order valence-corrected chi connectivity index (χ3v) is 6.22. The summed E-state index contributed by atoms with van der Waals surface area (Å²) in [5.74, 6) is 0. The lowest BCUT2D eigenvalue weighted by molar-refractivity contribution is 0.661. The van der Waals surface area contributed by atoms with Crippen molar-refractivity contribution in [3.63, 3.8) is 0 Å². The maximum atomic E-state index is 3.59. The molecule has 0 atom stereocenters. The molecule has 0 amide bonds. The third kappa shape index (κ3) is 2.20. The fourth-order valence-corrected chi connectivity index (χ4v) is 4.75. The van der Waals surface area contributed by atoms with E-state index in [4.69, 9.17) is 0 Å². The van der Waals surface area contributed by atoms with E-state index in [1.165, 1.54) is 44.2 Å². The van der Waals surface area contributed by atoms with E-state index in [-0.39, 0.29) is 5.41 Å². The second-order valence-electron chi connectivity index (χ2n) is 7.60. The van der Waals surface area contributed by atoms with Crippen molar-refractivity contribution in [1.82, 2.24) is 0 Å². The van der Waals surface area contributed by atoms with E-state index < -0.39 is 0 Å². The summed E-state index contributed by atoms with van der Waals surface area (Å²) in [6.45, 7) is 4.69. The first-order valence-electron chi connectivity index (χ1n) is 8.99. The van der Waals surface area contributed by atoms with Crippen molar-refractivity contribution in [3.05, 3.63) is 94.5 Å². The highest BCUT2D eigenvalue weighted by atomic mass is 79.9. The summed E-state index contributed by atoms with van der Waals surface area (Å²) in [6.07, 6.45) is 0. The van der Waals surface area contributed by atoms with E-state index in [2.05, 4.69) is 109 Å².